The first-order valence-electron chi connectivity index (χ1n) is 8.23. The fourth-order valence-corrected chi connectivity index (χ4v) is 2.43. The molecule has 0 spiro atoms. The maximum Gasteiger partial charge on any atom is 0.410 e. The Kier molecular flexibility index (Phi) is 5.99. The van der Waals surface area contributed by atoms with Gasteiger partial charge in [0.25, 0.3) is 0 Å². The number of rotatable bonds is 4. The predicted molar refractivity (Wildman–Crippen MR) is 93.4 cm³/mol. The summed E-state index contributed by atoms with van der Waals surface area (Å²) in [5.41, 5.74) is 2.68. The lowest BCUT2D eigenvalue weighted by molar-refractivity contribution is 0.0265. The van der Waals surface area contributed by atoms with Gasteiger partial charge in [-0.15, -0.1) is 0 Å². The molecule has 0 aliphatic carbocycles. The molecule has 1 aromatic rings. The Bertz CT molecular complexity index is 636. The van der Waals surface area contributed by atoms with Gasteiger partial charge in [-0.2, -0.15) is 5.26 Å². The van der Waals surface area contributed by atoms with E-state index in [-0.39, 0.29) is 6.09 Å². The summed E-state index contributed by atoms with van der Waals surface area (Å²) < 4.78 is 5.39. The van der Waals surface area contributed by atoms with Gasteiger partial charge in [-0.05, 0) is 44.9 Å². The van der Waals surface area contributed by atoms with E-state index in [0.717, 1.165) is 25.1 Å². The van der Waals surface area contributed by atoms with E-state index in [4.69, 9.17) is 10.00 Å². The minimum Gasteiger partial charge on any atom is -0.444 e. The summed E-state index contributed by atoms with van der Waals surface area (Å²) in [5.74, 6) is 0. The molecule has 0 unspecified atom stereocenters. The van der Waals surface area contributed by atoms with Crippen LogP contribution in [0, 0.1) is 11.3 Å². The quantitative estimate of drug-likeness (QED) is 0.862. The molecular weight excluding hydrogens is 302 g/mol. The van der Waals surface area contributed by atoms with Crippen molar-refractivity contribution in [1.29, 1.82) is 5.26 Å². The van der Waals surface area contributed by atoms with Crippen LogP contribution < -0.4 is 5.32 Å². The number of carbonyl (C=O) groups excluding carboxylic acids is 1. The number of carbonyl (C=O) groups is 1. The third kappa shape index (κ3) is 5.71. The molecule has 5 nitrogen and oxygen atoms in total. The standard InChI is InChI=1S/C19H25N3O2/c1-19(2,3)24-18(23)22-10-8-17(9-11-22)14-21-13-16-6-4-15(12-20)5-7-16/h4-8,21H,9-11,13-14H2,1-3H3. The molecule has 0 saturated carbocycles. The van der Waals surface area contributed by atoms with E-state index in [1.807, 2.05) is 45.0 Å². The fourth-order valence-electron chi connectivity index (χ4n) is 2.43. The van der Waals surface area contributed by atoms with Crippen LogP contribution in [0.4, 0.5) is 4.79 Å². The lowest BCUT2D eigenvalue weighted by atomic mass is 10.1. The molecule has 1 aliphatic heterocycles. The Morgan fingerprint density at radius 1 is 1.29 bits per heavy atom. The molecule has 24 heavy (non-hydrogen) atoms. The molecule has 0 fully saturated rings. The Hall–Kier alpha value is -2.32. The molecule has 0 aromatic heterocycles. The molecule has 1 aliphatic rings. The molecule has 0 bridgehead atoms. The number of nitriles is 1. The van der Waals surface area contributed by atoms with Gasteiger partial charge in [-0.3, -0.25) is 0 Å². The first-order chi connectivity index (χ1) is 11.4. The van der Waals surface area contributed by atoms with Gasteiger partial charge in [-0.25, -0.2) is 4.79 Å². The van der Waals surface area contributed by atoms with Gasteiger partial charge in [0.1, 0.15) is 5.60 Å². The monoisotopic (exact) mass is 327 g/mol. The second-order valence-electron chi connectivity index (χ2n) is 6.95. The van der Waals surface area contributed by atoms with Crippen molar-refractivity contribution >= 4 is 6.09 Å². The predicted octanol–water partition coefficient (Wildman–Crippen LogP) is 3.22. The molecule has 5 heteroatoms. The largest absolute Gasteiger partial charge is 0.444 e. The van der Waals surface area contributed by atoms with Gasteiger partial charge < -0.3 is 15.0 Å². The van der Waals surface area contributed by atoms with Crippen LogP contribution in [-0.2, 0) is 11.3 Å². The summed E-state index contributed by atoms with van der Waals surface area (Å²) in [5, 5.41) is 12.2. The van der Waals surface area contributed by atoms with Crippen molar-refractivity contribution in [2.45, 2.75) is 39.3 Å². The third-order valence-electron chi connectivity index (χ3n) is 3.72. The van der Waals surface area contributed by atoms with Gasteiger partial charge >= 0.3 is 6.09 Å². The summed E-state index contributed by atoms with van der Waals surface area (Å²) in [6, 6.07) is 9.70. The van der Waals surface area contributed by atoms with Crippen molar-refractivity contribution in [3.05, 3.63) is 47.0 Å². The number of hydrogen-bond acceptors (Lipinski definition) is 4. The maximum atomic E-state index is 12.0. The minimum absolute atomic E-state index is 0.247. The molecule has 1 amide bonds. The van der Waals surface area contributed by atoms with Gasteiger partial charge in [-0.1, -0.05) is 23.8 Å². The van der Waals surface area contributed by atoms with Crippen molar-refractivity contribution < 1.29 is 9.53 Å². The van der Waals surface area contributed by atoms with Crippen molar-refractivity contribution in [1.82, 2.24) is 10.2 Å². The van der Waals surface area contributed by atoms with Crippen LogP contribution in [0.15, 0.2) is 35.9 Å². The van der Waals surface area contributed by atoms with Crippen molar-refractivity contribution in [3.8, 4) is 6.07 Å². The first kappa shape index (κ1) is 18.0. The van der Waals surface area contributed by atoms with Crippen molar-refractivity contribution in [2.75, 3.05) is 19.6 Å². The van der Waals surface area contributed by atoms with Crippen LogP contribution in [-0.4, -0.2) is 36.2 Å². The van der Waals surface area contributed by atoms with E-state index in [1.54, 1.807) is 4.90 Å². The highest BCUT2D eigenvalue weighted by molar-refractivity contribution is 5.68. The number of ether oxygens (including phenoxy) is 1. The topological polar surface area (TPSA) is 65.4 Å². The van der Waals surface area contributed by atoms with E-state index in [1.165, 1.54) is 5.57 Å². The summed E-state index contributed by atoms with van der Waals surface area (Å²) in [6.45, 7) is 8.50. The van der Waals surface area contributed by atoms with E-state index < -0.39 is 5.60 Å². The summed E-state index contributed by atoms with van der Waals surface area (Å²) in [6.07, 6.45) is 2.71. The zero-order valence-corrected chi connectivity index (χ0v) is 14.6. The summed E-state index contributed by atoms with van der Waals surface area (Å²) in [4.78, 5) is 13.7. The highest BCUT2D eigenvalue weighted by atomic mass is 16.6. The molecule has 0 saturated heterocycles. The second-order valence-corrected chi connectivity index (χ2v) is 6.95. The van der Waals surface area contributed by atoms with Crippen LogP contribution in [0.5, 0.6) is 0 Å². The summed E-state index contributed by atoms with van der Waals surface area (Å²) >= 11 is 0. The molecule has 128 valence electrons. The van der Waals surface area contributed by atoms with E-state index in [9.17, 15) is 4.79 Å². The van der Waals surface area contributed by atoms with Crippen LogP contribution in [0.2, 0.25) is 0 Å². The van der Waals surface area contributed by atoms with Crippen molar-refractivity contribution in [3.63, 3.8) is 0 Å². The molecule has 2 rings (SSSR count). The maximum absolute atomic E-state index is 12.0. The molecule has 1 N–H and O–H groups in total. The number of nitrogens with zero attached hydrogens (tertiary/aromatic N) is 2. The Labute approximate surface area is 143 Å². The normalized spacial score (nSPS) is 14.8. The zero-order valence-electron chi connectivity index (χ0n) is 14.6. The van der Waals surface area contributed by atoms with Crippen LogP contribution in [0.25, 0.3) is 0 Å². The first-order valence-corrected chi connectivity index (χ1v) is 8.23. The summed E-state index contributed by atoms with van der Waals surface area (Å²) in [7, 11) is 0. The lowest BCUT2D eigenvalue weighted by Crippen LogP contribution is -2.39. The van der Waals surface area contributed by atoms with Crippen molar-refractivity contribution in [2.24, 2.45) is 0 Å². The molecule has 1 aromatic carbocycles. The van der Waals surface area contributed by atoms with Crippen LogP contribution in [0.1, 0.15) is 38.3 Å². The lowest BCUT2D eigenvalue weighted by Gasteiger charge is -2.29. The Morgan fingerprint density at radius 2 is 2.00 bits per heavy atom. The number of amides is 1. The molecule has 0 radical (unpaired) electrons. The third-order valence-corrected chi connectivity index (χ3v) is 3.72. The van der Waals surface area contributed by atoms with E-state index >= 15 is 0 Å². The average molecular weight is 327 g/mol. The fraction of sp³-hybridized carbons (Fsp3) is 0.474. The van der Waals surface area contributed by atoms with Gasteiger partial charge in [0.15, 0.2) is 0 Å². The molecular formula is C19H25N3O2. The molecule has 1 heterocycles. The minimum atomic E-state index is -0.455. The SMILES string of the molecule is CC(C)(C)OC(=O)N1CC=C(CNCc2ccc(C#N)cc2)CC1. The van der Waals surface area contributed by atoms with Gasteiger partial charge in [0, 0.05) is 26.2 Å². The van der Waals surface area contributed by atoms with E-state index in [2.05, 4.69) is 17.5 Å². The zero-order chi connectivity index (χ0) is 17.6. The van der Waals surface area contributed by atoms with Crippen LogP contribution >= 0.6 is 0 Å². The number of nitrogens with one attached hydrogen (secondary N) is 1. The number of benzene rings is 1. The van der Waals surface area contributed by atoms with Gasteiger partial charge in [0.2, 0.25) is 0 Å². The van der Waals surface area contributed by atoms with Crippen LogP contribution in [0.3, 0.4) is 0 Å². The average Bonchev–Trinajstić information content (AvgIpc) is 2.54. The highest BCUT2D eigenvalue weighted by Gasteiger charge is 2.23. The van der Waals surface area contributed by atoms with Gasteiger partial charge in [0.05, 0.1) is 11.6 Å². The Morgan fingerprint density at radius 3 is 2.54 bits per heavy atom. The number of hydrogen-bond donors (Lipinski definition) is 1. The second kappa shape index (κ2) is 7.98. The smallest absolute Gasteiger partial charge is 0.410 e. The highest BCUT2D eigenvalue weighted by Crippen LogP contribution is 2.15. The molecule has 0 atom stereocenters. The Balaban J connectivity index is 1.75. The van der Waals surface area contributed by atoms with E-state index in [0.29, 0.717) is 18.7 Å².